The highest BCUT2D eigenvalue weighted by atomic mass is 33.5. The quantitative estimate of drug-likeness (QED) is 0.262. The first-order valence-corrected chi connectivity index (χ1v) is 15.2. The molecule has 0 heterocycles. The Bertz CT molecular complexity index is 639. The van der Waals surface area contributed by atoms with Crippen molar-refractivity contribution in [3.8, 4) is 0 Å². The van der Waals surface area contributed by atoms with Gasteiger partial charge in [0.05, 0.1) is 12.2 Å². The van der Waals surface area contributed by atoms with E-state index in [1.165, 1.54) is 15.4 Å². The second kappa shape index (κ2) is 10.5. The van der Waals surface area contributed by atoms with Gasteiger partial charge in [0.2, 0.25) is 0 Å². The molecule has 172 valence electrons. The number of hydrogen-bond donors (Lipinski definition) is 2. The molecule has 0 radical (unpaired) electrons. The predicted molar refractivity (Wildman–Crippen MR) is 133 cm³/mol. The molecule has 0 aromatic carbocycles. The minimum Gasteiger partial charge on any atom is -0.393 e. The van der Waals surface area contributed by atoms with E-state index in [9.17, 15) is 9.90 Å². The molecule has 0 aromatic rings. The van der Waals surface area contributed by atoms with E-state index in [0.717, 1.165) is 57.3 Å². The largest absolute Gasteiger partial charge is 0.393 e. The molecule has 4 rings (SSSR count). The number of carbonyl (C=O) groups is 1. The number of carbonyl (C=O) groups excluding carboxylic acids is 1. The van der Waals surface area contributed by atoms with Crippen LogP contribution in [0.15, 0.2) is 11.6 Å². The zero-order chi connectivity index (χ0) is 21.9. The summed E-state index contributed by atoms with van der Waals surface area (Å²) >= 11 is 4.19. The molecule has 7 unspecified atom stereocenters. The normalized spacial score (nSPS) is 42.4. The van der Waals surface area contributed by atoms with Crippen molar-refractivity contribution in [3.63, 3.8) is 0 Å². The fraction of sp³-hybridized carbons (Fsp3) is 0.875. The van der Waals surface area contributed by atoms with Crippen LogP contribution in [0.4, 0.5) is 0 Å². The molecule has 3 nitrogen and oxygen atoms in total. The predicted octanol–water partition coefficient (Wildman–Crippen LogP) is 6.52. The summed E-state index contributed by atoms with van der Waals surface area (Å²) in [7, 11) is 3.28. The summed E-state index contributed by atoms with van der Waals surface area (Å²) in [6.45, 7) is 9.49. The Hall–Kier alpha value is 0.380. The molecule has 3 saturated carbocycles. The average molecular weight is 473 g/mol. The van der Waals surface area contributed by atoms with E-state index in [0.29, 0.717) is 30.0 Å². The van der Waals surface area contributed by atoms with E-state index >= 15 is 0 Å². The van der Waals surface area contributed by atoms with Gasteiger partial charge in [-0.3, -0.25) is 4.79 Å². The Morgan fingerprint density at radius 1 is 1.23 bits per heavy atom. The highest BCUT2D eigenvalue weighted by Crippen LogP contribution is 2.65. The van der Waals surface area contributed by atoms with Gasteiger partial charge in [0.25, 0.3) is 0 Å². The topological polar surface area (TPSA) is 46.5 Å². The van der Waals surface area contributed by atoms with E-state index in [4.69, 9.17) is 4.74 Å². The highest BCUT2D eigenvalue weighted by Gasteiger charge is 2.62. The first kappa shape index (κ1) is 25.0. The SMILES string of the molecule is CC.CC12CCC(=O)C=C1CCC1C2C(OCCCSSS)CC2(C)C(O)CCC12. The van der Waals surface area contributed by atoms with Crippen molar-refractivity contribution >= 4 is 38.1 Å². The third-order valence-corrected chi connectivity index (χ3v) is 10.9. The summed E-state index contributed by atoms with van der Waals surface area (Å²) < 4.78 is 6.59. The fourth-order valence-electron chi connectivity index (χ4n) is 7.17. The van der Waals surface area contributed by atoms with Gasteiger partial charge in [-0.1, -0.05) is 55.7 Å². The first-order valence-electron chi connectivity index (χ1n) is 11.9. The van der Waals surface area contributed by atoms with Crippen LogP contribution in [0.5, 0.6) is 0 Å². The number of rotatable bonds is 6. The number of allylic oxidation sites excluding steroid dienone is 1. The number of thiol groups is 1. The number of fused-ring (bicyclic) bond motifs is 5. The second-order valence-electron chi connectivity index (χ2n) is 9.85. The van der Waals surface area contributed by atoms with Crippen molar-refractivity contribution in [1.29, 1.82) is 0 Å². The molecule has 4 aliphatic rings. The molecule has 3 fully saturated rings. The summed E-state index contributed by atoms with van der Waals surface area (Å²) in [5.41, 5.74) is 1.46. The van der Waals surface area contributed by atoms with E-state index in [-0.39, 0.29) is 23.0 Å². The van der Waals surface area contributed by atoms with E-state index in [1.54, 1.807) is 10.8 Å². The molecule has 0 saturated heterocycles. The van der Waals surface area contributed by atoms with Gasteiger partial charge in [-0.15, -0.1) is 0 Å². The Morgan fingerprint density at radius 3 is 2.73 bits per heavy atom. The monoisotopic (exact) mass is 472 g/mol. The maximum absolute atomic E-state index is 12.1. The summed E-state index contributed by atoms with van der Waals surface area (Å²) in [6.07, 6.45) is 9.89. The first-order chi connectivity index (χ1) is 14.4. The Labute approximate surface area is 196 Å². The summed E-state index contributed by atoms with van der Waals surface area (Å²) in [6, 6.07) is 0. The van der Waals surface area contributed by atoms with Gasteiger partial charge in [0, 0.05) is 18.8 Å². The van der Waals surface area contributed by atoms with Crippen LogP contribution in [0, 0.1) is 28.6 Å². The van der Waals surface area contributed by atoms with Crippen molar-refractivity contribution in [2.75, 3.05) is 12.4 Å². The lowest BCUT2D eigenvalue weighted by atomic mass is 9.46. The fourth-order valence-corrected chi connectivity index (χ4v) is 8.73. The van der Waals surface area contributed by atoms with Crippen molar-refractivity contribution in [2.24, 2.45) is 28.6 Å². The lowest BCUT2D eigenvalue weighted by Crippen LogP contribution is -2.57. The van der Waals surface area contributed by atoms with E-state index < -0.39 is 0 Å². The summed E-state index contributed by atoms with van der Waals surface area (Å²) in [4.78, 5) is 12.1. The molecule has 0 aromatic heterocycles. The Balaban J connectivity index is 0.00000124. The molecular weight excluding hydrogens is 432 g/mol. The molecule has 7 atom stereocenters. The smallest absolute Gasteiger partial charge is 0.155 e. The van der Waals surface area contributed by atoms with Gasteiger partial charge in [0.15, 0.2) is 5.78 Å². The van der Waals surface area contributed by atoms with Crippen molar-refractivity contribution < 1.29 is 14.6 Å². The van der Waals surface area contributed by atoms with Crippen LogP contribution >= 0.6 is 32.3 Å². The molecule has 0 aliphatic heterocycles. The minimum atomic E-state index is -0.196. The summed E-state index contributed by atoms with van der Waals surface area (Å²) in [5.74, 6) is 3.05. The molecule has 0 bridgehead atoms. The lowest BCUT2D eigenvalue weighted by molar-refractivity contribution is -0.161. The van der Waals surface area contributed by atoms with Gasteiger partial charge >= 0.3 is 0 Å². The second-order valence-corrected chi connectivity index (χ2v) is 13.1. The zero-order valence-electron chi connectivity index (χ0n) is 19.1. The maximum atomic E-state index is 12.1. The minimum absolute atomic E-state index is 0.0103. The number of hydrogen-bond acceptors (Lipinski definition) is 6. The molecule has 0 amide bonds. The van der Waals surface area contributed by atoms with Crippen molar-refractivity contribution in [1.82, 2.24) is 0 Å². The Kier molecular flexibility index (Phi) is 8.79. The third kappa shape index (κ3) is 4.55. The van der Waals surface area contributed by atoms with Gasteiger partial charge in [-0.05, 0) is 89.4 Å². The van der Waals surface area contributed by atoms with E-state index in [1.807, 2.05) is 19.9 Å². The average Bonchev–Trinajstić information content (AvgIpc) is 3.04. The zero-order valence-corrected chi connectivity index (χ0v) is 21.6. The Morgan fingerprint density at radius 2 is 2.00 bits per heavy atom. The van der Waals surface area contributed by atoms with E-state index in [2.05, 4.69) is 25.5 Å². The van der Waals surface area contributed by atoms with Gasteiger partial charge in [-0.25, -0.2) is 0 Å². The summed E-state index contributed by atoms with van der Waals surface area (Å²) in [5, 5.41) is 10.8. The van der Waals surface area contributed by atoms with Crippen LogP contribution < -0.4 is 0 Å². The molecular formula is C24H40O3S3. The molecule has 4 aliphatic carbocycles. The standard InChI is InChI=1S/C22H34O3S3.C2H6/c1-21-9-8-15(23)12-14(21)4-5-16-17-6-7-19(24)22(17,2)13-18(20(16)21)25-10-3-11-27-28-26;1-2/h12,16-20,24,26H,3-11,13H2,1-2H3;1-2H3. The van der Waals surface area contributed by atoms with Crippen LogP contribution in [0.3, 0.4) is 0 Å². The van der Waals surface area contributed by atoms with Crippen LogP contribution in [-0.2, 0) is 9.53 Å². The highest BCUT2D eigenvalue weighted by molar-refractivity contribution is 9.05. The van der Waals surface area contributed by atoms with Gasteiger partial charge in [0.1, 0.15) is 0 Å². The molecule has 30 heavy (non-hydrogen) atoms. The van der Waals surface area contributed by atoms with Crippen molar-refractivity contribution in [3.05, 3.63) is 11.6 Å². The number of aliphatic hydroxyl groups is 1. The van der Waals surface area contributed by atoms with Crippen LogP contribution in [0.2, 0.25) is 0 Å². The maximum Gasteiger partial charge on any atom is 0.155 e. The third-order valence-electron chi connectivity index (χ3n) is 8.58. The van der Waals surface area contributed by atoms with Crippen molar-refractivity contribution in [2.45, 2.75) is 91.3 Å². The van der Waals surface area contributed by atoms with Gasteiger partial charge in [-0.2, -0.15) is 0 Å². The lowest BCUT2D eigenvalue weighted by Gasteiger charge is -2.60. The van der Waals surface area contributed by atoms with Crippen LogP contribution in [0.25, 0.3) is 0 Å². The number of ether oxygens (including phenoxy) is 1. The molecule has 6 heteroatoms. The number of ketones is 1. The van der Waals surface area contributed by atoms with Gasteiger partial charge < -0.3 is 9.84 Å². The van der Waals surface area contributed by atoms with Crippen LogP contribution in [0.1, 0.15) is 79.1 Å². The van der Waals surface area contributed by atoms with Crippen LogP contribution in [-0.4, -0.2) is 35.5 Å². The number of aliphatic hydroxyl groups excluding tert-OH is 1. The molecule has 0 spiro atoms. The molecule has 1 N–H and O–H groups in total.